The van der Waals surface area contributed by atoms with Crippen molar-refractivity contribution in [3.8, 4) is 5.75 Å². The van der Waals surface area contributed by atoms with E-state index in [1.165, 1.54) is 6.07 Å². The number of hydrogen-bond donors (Lipinski definition) is 3. The van der Waals surface area contributed by atoms with Crippen LogP contribution < -0.4 is 20.1 Å². The number of amides is 2. The Bertz CT molecular complexity index is 954. The summed E-state index contributed by atoms with van der Waals surface area (Å²) in [6, 6.07) is 3.45. The molecule has 1 saturated carbocycles. The van der Waals surface area contributed by atoms with E-state index >= 15 is 0 Å². The van der Waals surface area contributed by atoms with Gasteiger partial charge >= 0.3 is 6.61 Å². The highest BCUT2D eigenvalue weighted by Crippen LogP contribution is 2.47. The van der Waals surface area contributed by atoms with E-state index < -0.39 is 33.7 Å². The Morgan fingerprint density at radius 3 is 2.62 bits per heavy atom. The topological polar surface area (TPSA) is 114 Å². The Kier molecular flexibility index (Phi) is 7.78. The van der Waals surface area contributed by atoms with Gasteiger partial charge < -0.3 is 10.1 Å². The Morgan fingerprint density at radius 1 is 1.22 bits per heavy atom. The molecule has 1 aromatic rings. The van der Waals surface area contributed by atoms with E-state index in [-0.39, 0.29) is 23.5 Å². The van der Waals surface area contributed by atoms with Gasteiger partial charge in [-0.15, -0.1) is 0 Å². The number of hydrogen-bond acceptors (Lipinski definition) is 6. The van der Waals surface area contributed by atoms with Crippen LogP contribution in [0.1, 0.15) is 44.1 Å². The quantitative estimate of drug-likeness (QED) is 0.312. The van der Waals surface area contributed by atoms with Crippen LogP contribution in [0.4, 0.5) is 13.2 Å². The van der Waals surface area contributed by atoms with Crippen molar-refractivity contribution in [2.45, 2.75) is 50.7 Å². The number of carbonyl (C=O) groups is 2. The van der Waals surface area contributed by atoms with Gasteiger partial charge in [-0.2, -0.15) is 8.78 Å². The highest BCUT2D eigenvalue weighted by molar-refractivity contribution is 7.89. The van der Waals surface area contributed by atoms with Crippen molar-refractivity contribution < 1.29 is 35.9 Å². The van der Waals surface area contributed by atoms with Crippen LogP contribution in [0.25, 0.3) is 0 Å². The number of halogens is 3. The molecule has 1 heterocycles. The maximum Gasteiger partial charge on any atom is 0.387 e. The molecule has 178 valence electrons. The molecule has 1 unspecified atom stereocenters. The summed E-state index contributed by atoms with van der Waals surface area (Å²) >= 11 is 0. The fourth-order valence-electron chi connectivity index (χ4n) is 3.66. The summed E-state index contributed by atoms with van der Waals surface area (Å²) in [5.41, 5.74) is -0.555. The van der Waals surface area contributed by atoms with E-state index in [1.54, 1.807) is 0 Å². The first-order valence-corrected chi connectivity index (χ1v) is 12.1. The largest absolute Gasteiger partial charge is 0.432 e. The molecular formula is C20H26F3N3O5S. The van der Waals surface area contributed by atoms with Crippen molar-refractivity contribution in [3.63, 3.8) is 0 Å². The first-order chi connectivity index (χ1) is 15.1. The molecule has 0 radical (unpaired) electrons. The third-order valence-corrected chi connectivity index (χ3v) is 7.09. The number of unbranched alkanes of at least 4 members (excludes halogenated alkanes) is 1. The van der Waals surface area contributed by atoms with Gasteiger partial charge in [-0.25, -0.2) is 17.5 Å². The van der Waals surface area contributed by atoms with E-state index in [4.69, 9.17) is 0 Å². The first kappa shape index (κ1) is 24.5. The van der Waals surface area contributed by atoms with Gasteiger partial charge in [0, 0.05) is 13.0 Å². The molecule has 0 spiro atoms. The maximum absolute atomic E-state index is 13.7. The molecule has 0 bridgehead atoms. The summed E-state index contributed by atoms with van der Waals surface area (Å²) in [5.74, 6) is -2.53. The number of imide groups is 1. The average Bonchev–Trinajstić information content (AvgIpc) is 3.47. The van der Waals surface area contributed by atoms with E-state index in [2.05, 4.69) is 20.1 Å². The van der Waals surface area contributed by atoms with Gasteiger partial charge in [0.05, 0.1) is 17.2 Å². The molecule has 1 aliphatic heterocycles. The van der Waals surface area contributed by atoms with Crippen molar-refractivity contribution in [2.75, 3.05) is 18.8 Å². The van der Waals surface area contributed by atoms with Crippen molar-refractivity contribution in [3.05, 3.63) is 29.6 Å². The molecule has 1 atom stereocenters. The molecule has 1 aromatic carbocycles. The van der Waals surface area contributed by atoms with Gasteiger partial charge in [0.25, 0.3) is 0 Å². The summed E-state index contributed by atoms with van der Waals surface area (Å²) in [4.78, 5) is 22.8. The predicted octanol–water partition coefficient (Wildman–Crippen LogP) is 1.76. The minimum absolute atomic E-state index is 0.129. The Labute approximate surface area is 184 Å². The van der Waals surface area contributed by atoms with Crippen molar-refractivity contribution in [1.29, 1.82) is 0 Å². The fourth-order valence-corrected chi connectivity index (χ4v) is 5.27. The van der Waals surface area contributed by atoms with Crippen molar-refractivity contribution in [1.82, 2.24) is 15.4 Å². The number of nitrogens with one attached hydrogen (secondary N) is 3. The van der Waals surface area contributed by atoms with E-state index in [9.17, 15) is 31.2 Å². The predicted molar refractivity (Wildman–Crippen MR) is 109 cm³/mol. The third-order valence-electron chi connectivity index (χ3n) is 5.56. The van der Waals surface area contributed by atoms with Gasteiger partial charge in [0.15, 0.2) is 11.6 Å². The van der Waals surface area contributed by atoms with E-state index in [0.717, 1.165) is 12.1 Å². The Balaban J connectivity index is 1.43. The van der Waals surface area contributed by atoms with Crippen molar-refractivity contribution >= 4 is 21.8 Å². The molecule has 1 aliphatic carbocycles. The van der Waals surface area contributed by atoms with E-state index in [0.29, 0.717) is 57.2 Å². The van der Waals surface area contributed by atoms with Crippen LogP contribution in [-0.2, 0) is 25.2 Å². The molecule has 2 fully saturated rings. The standard InChI is InChI=1S/C20H26F3N3O5S/c21-15-5-4-14(11-16(15)31-19(22)23)20(7-8-20)26-32(29,30)10-2-1-9-24-12-13-3-6-17(27)25-18(13)28/h4-5,11,13,19,24,26H,1-3,6-10,12H2,(H,25,27,28). The van der Waals surface area contributed by atoms with Gasteiger partial charge in [0.1, 0.15) is 0 Å². The fraction of sp³-hybridized carbons (Fsp3) is 0.600. The van der Waals surface area contributed by atoms with Gasteiger partial charge in [-0.1, -0.05) is 6.07 Å². The molecule has 1 saturated heterocycles. The Hall–Kier alpha value is -2.18. The molecule has 3 N–H and O–H groups in total. The monoisotopic (exact) mass is 477 g/mol. The first-order valence-electron chi connectivity index (χ1n) is 10.4. The lowest BCUT2D eigenvalue weighted by Crippen LogP contribution is -2.44. The molecule has 32 heavy (non-hydrogen) atoms. The minimum Gasteiger partial charge on any atom is -0.432 e. The number of ether oxygens (including phenoxy) is 1. The van der Waals surface area contributed by atoms with Gasteiger partial charge in [0.2, 0.25) is 21.8 Å². The summed E-state index contributed by atoms with van der Waals surface area (Å²) in [6.07, 6.45) is 2.68. The van der Waals surface area contributed by atoms with Crippen LogP contribution in [0.2, 0.25) is 0 Å². The third kappa shape index (κ3) is 6.66. The van der Waals surface area contributed by atoms with E-state index in [1.807, 2.05) is 0 Å². The SMILES string of the molecule is O=C1CCC(CNCCCCS(=O)(=O)NC2(c3ccc(F)c(OC(F)F)c3)CC2)C(=O)N1. The molecule has 8 nitrogen and oxygen atoms in total. The number of carbonyl (C=O) groups excluding carboxylic acids is 2. The summed E-state index contributed by atoms with van der Waals surface area (Å²) in [5, 5.41) is 5.39. The zero-order valence-corrected chi connectivity index (χ0v) is 18.2. The Morgan fingerprint density at radius 2 is 1.97 bits per heavy atom. The summed E-state index contributed by atoms with van der Waals surface area (Å²) in [6.45, 7) is -2.25. The molecular weight excluding hydrogens is 451 g/mol. The van der Waals surface area contributed by atoms with Gasteiger partial charge in [-0.3, -0.25) is 14.9 Å². The molecule has 12 heteroatoms. The highest BCUT2D eigenvalue weighted by Gasteiger charge is 2.47. The summed E-state index contributed by atoms with van der Waals surface area (Å²) in [7, 11) is -3.66. The second kappa shape index (κ2) is 10.2. The lowest BCUT2D eigenvalue weighted by atomic mass is 9.98. The van der Waals surface area contributed by atoms with Crippen LogP contribution in [0.5, 0.6) is 5.75 Å². The van der Waals surface area contributed by atoms with Crippen LogP contribution in [0.3, 0.4) is 0 Å². The average molecular weight is 478 g/mol. The van der Waals surface area contributed by atoms with Crippen LogP contribution in [0, 0.1) is 11.7 Å². The lowest BCUT2D eigenvalue weighted by Gasteiger charge is -2.21. The molecule has 2 aliphatic rings. The normalized spacial score (nSPS) is 20.3. The highest BCUT2D eigenvalue weighted by atomic mass is 32.2. The minimum atomic E-state index is -3.66. The molecule has 0 aromatic heterocycles. The zero-order valence-electron chi connectivity index (χ0n) is 17.3. The number of alkyl halides is 2. The molecule has 2 amide bonds. The smallest absolute Gasteiger partial charge is 0.387 e. The number of sulfonamides is 1. The van der Waals surface area contributed by atoms with Crippen LogP contribution >= 0.6 is 0 Å². The second-order valence-electron chi connectivity index (χ2n) is 8.09. The molecule has 3 rings (SSSR count). The van der Waals surface area contributed by atoms with Crippen LogP contribution in [0.15, 0.2) is 18.2 Å². The lowest BCUT2D eigenvalue weighted by molar-refractivity contribution is -0.136. The maximum atomic E-state index is 13.7. The van der Waals surface area contributed by atoms with Gasteiger partial charge in [-0.05, 0) is 56.3 Å². The second-order valence-corrected chi connectivity index (χ2v) is 9.93. The zero-order chi connectivity index (χ0) is 23.4. The number of benzene rings is 1. The number of rotatable bonds is 12. The van der Waals surface area contributed by atoms with Crippen molar-refractivity contribution in [2.24, 2.45) is 5.92 Å². The van der Waals surface area contributed by atoms with Crippen LogP contribution in [-0.4, -0.2) is 45.7 Å². The summed E-state index contributed by atoms with van der Waals surface area (Å²) < 4.78 is 70.3. The number of piperidine rings is 1.